The molecule has 1 atom stereocenters. The van der Waals surface area contributed by atoms with Gasteiger partial charge in [0.1, 0.15) is 5.76 Å². The maximum Gasteiger partial charge on any atom is 0.255 e. The molecule has 128 valence electrons. The summed E-state index contributed by atoms with van der Waals surface area (Å²) in [5.41, 5.74) is 1.96. The third-order valence-electron chi connectivity index (χ3n) is 4.42. The minimum atomic E-state index is -0.231. The van der Waals surface area contributed by atoms with Gasteiger partial charge in [0, 0.05) is 17.2 Å². The van der Waals surface area contributed by atoms with E-state index in [0.717, 1.165) is 12.0 Å². The SMILES string of the molecule is CC[C@@H](C)NC(=O)c1cccc2c(=O)c(C)c(-c3ccccc3)oc12. The molecule has 3 aromatic rings. The number of nitrogens with one attached hydrogen (secondary N) is 1. The summed E-state index contributed by atoms with van der Waals surface area (Å²) in [6, 6.07) is 14.6. The first-order valence-electron chi connectivity index (χ1n) is 8.45. The minimum absolute atomic E-state index is 0.0496. The Labute approximate surface area is 146 Å². The van der Waals surface area contributed by atoms with Gasteiger partial charge in [0.25, 0.3) is 5.91 Å². The molecule has 1 heterocycles. The van der Waals surface area contributed by atoms with E-state index in [1.54, 1.807) is 25.1 Å². The first kappa shape index (κ1) is 17.0. The molecule has 0 fully saturated rings. The number of para-hydroxylation sites is 1. The van der Waals surface area contributed by atoms with Crippen molar-refractivity contribution in [2.75, 3.05) is 0 Å². The highest BCUT2D eigenvalue weighted by molar-refractivity contribution is 6.05. The van der Waals surface area contributed by atoms with E-state index in [1.165, 1.54) is 0 Å². The van der Waals surface area contributed by atoms with Gasteiger partial charge in [-0.3, -0.25) is 9.59 Å². The van der Waals surface area contributed by atoms with Crippen LogP contribution in [0.25, 0.3) is 22.3 Å². The number of hydrogen-bond donors (Lipinski definition) is 1. The van der Waals surface area contributed by atoms with E-state index in [0.29, 0.717) is 27.9 Å². The molecule has 3 rings (SSSR count). The van der Waals surface area contributed by atoms with E-state index in [1.807, 2.05) is 44.2 Å². The average molecular weight is 335 g/mol. The van der Waals surface area contributed by atoms with Crippen LogP contribution in [0.5, 0.6) is 0 Å². The summed E-state index contributed by atoms with van der Waals surface area (Å²) in [6.07, 6.45) is 0.828. The lowest BCUT2D eigenvalue weighted by Crippen LogP contribution is -2.32. The van der Waals surface area contributed by atoms with Crippen LogP contribution in [-0.4, -0.2) is 11.9 Å². The molecule has 25 heavy (non-hydrogen) atoms. The highest BCUT2D eigenvalue weighted by Crippen LogP contribution is 2.27. The smallest absolute Gasteiger partial charge is 0.255 e. The van der Waals surface area contributed by atoms with Gasteiger partial charge in [-0.2, -0.15) is 0 Å². The molecule has 0 spiro atoms. The van der Waals surface area contributed by atoms with E-state index in [9.17, 15) is 9.59 Å². The van der Waals surface area contributed by atoms with Crippen LogP contribution in [0.15, 0.2) is 57.7 Å². The van der Waals surface area contributed by atoms with Gasteiger partial charge < -0.3 is 9.73 Å². The quantitative estimate of drug-likeness (QED) is 0.773. The fraction of sp³-hybridized carbons (Fsp3) is 0.238. The Morgan fingerprint density at radius 1 is 1.12 bits per heavy atom. The van der Waals surface area contributed by atoms with Crippen molar-refractivity contribution in [3.8, 4) is 11.3 Å². The normalized spacial score (nSPS) is 12.1. The second kappa shape index (κ2) is 6.93. The van der Waals surface area contributed by atoms with Crippen LogP contribution in [0.2, 0.25) is 0 Å². The van der Waals surface area contributed by atoms with Crippen LogP contribution in [-0.2, 0) is 0 Å². The zero-order valence-corrected chi connectivity index (χ0v) is 14.6. The molecule has 0 radical (unpaired) electrons. The first-order chi connectivity index (χ1) is 12.0. The number of carbonyl (C=O) groups excluding carboxylic acids is 1. The lowest BCUT2D eigenvalue weighted by molar-refractivity contribution is 0.0940. The number of benzene rings is 2. The van der Waals surface area contributed by atoms with Crippen LogP contribution < -0.4 is 10.7 Å². The average Bonchev–Trinajstić information content (AvgIpc) is 2.64. The number of hydrogen-bond acceptors (Lipinski definition) is 3. The van der Waals surface area contributed by atoms with Crippen LogP contribution >= 0.6 is 0 Å². The van der Waals surface area contributed by atoms with Crippen LogP contribution in [0.3, 0.4) is 0 Å². The highest BCUT2D eigenvalue weighted by atomic mass is 16.3. The number of carbonyl (C=O) groups is 1. The molecule has 0 saturated heterocycles. The molecule has 1 amide bonds. The summed E-state index contributed by atoms with van der Waals surface area (Å²) in [6.45, 7) is 5.70. The van der Waals surface area contributed by atoms with Gasteiger partial charge in [-0.1, -0.05) is 43.3 Å². The van der Waals surface area contributed by atoms with Gasteiger partial charge >= 0.3 is 0 Å². The fourth-order valence-corrected chi connectivity index (χ4v) is 2.76. The van der Waals surface area contributed by atoms with Gasteiger partial charge in [0.2, 0.25) is 0 Å². The molecule has 4 nitrogen and oxygen atoms in total. The van der Waals surface area contributed by atoms with Gasteiger partial charge in [-0.15, -0.1) is 0 Å². The summed E-state index contributed by atoms with van der Waals surface area (Å²) in [4.78, 5) is 25.4. The second-order valence-electron chi connectivity index (χ2n) is 6.22. The maximum atomic E-state index is 12.8. The summed E-state index contributed by atoms with van der Waals surface area (Å²) in [5, 5.41) is 3.36. The Kier molecular flexibility index (Phi) is 4.70. The van der Waals surface area contributed by atoms with E-state index >= 15 is 0 Å². The summed E-state index contributed by atoms with van der Waals surface area (Å²) in [7, 11) is 0. The Morgan fingerprint density at radius 3 is 2.52 bits per heavy atom. The van der Waals surface area contributed by atoms with Crippen molar-refractivity contribution in [3.63, 3.8) is 0 Å². The minimum Gasteiger partial charge on any atom is -0.455 e. The van der Waals surface area contributed by atoms with Gasteiger partial charge in [-0.05, 0) is 32.4 Å². The summed E-state index contributed by atoms with van der Waals surface area (Å²) >= 11 is 0. The number of rotatable bonds is 4. The predicted molar refractivity (Wildman–Crippen MR) is 99.9 cm³/mol. The van der Waals surface area contributed by atoms with Gasteiger partial charge in [0.05, 0.1) is 10.9 Å². The molecule has 0 unspecified atom stereocenters. The second-order valence-corrected chi connectivity index (χ2v) is 6.22. The highest BCUT2D eigenvalue weighted by Gasteiger charge is 2.18. The lowest BCUT2D eigenvalue weighted by Gasteiger charge is -2.13. The summed E-state index contributed by atoms with van der Waals surface area (Å²) in [5.74, 6) is 0.271. The van der Waals surface area contributed by atoms with Crippen LogP contribution in [0.1, 0.15) is 36.2 Å². The molecule has 4 heteroatoms. The van der Waals surface area contributed by atoms with Crippen molar-refractivity contribution in [2.24, 2.45) is 0 Å². The Bertz CT molecular complexity index is 974. The van der Waals surface area contributed by atoms with E-state index in [4.69, 9.17) is 4.42 Å². The zero-order chi connectivity index (χ0) is 18.0. The fourth-order valence-electron chi connectivity index (χ4n) is 2.76. The Morgan fingerprint density at radius 2 is 1.84 bits per heavy atom. The molecule has 0 saturated carbocycles. The summed E-state index contributed by atoms with van der Waals surface area (Å²) < 4.78 is 6.07. The van der Waals surface area contributed by atoms with Crippen molar-refractivity contribution in [3.05, 3.63) is 69.9 Å². The largest absolute Gasteiger partial charge is 0.455 e. The third-order valence-corrected chi connectivity index (χ3v) is 4.42. The van der Waals surface area contributed by atoms with E-state index in [-0.39, 0.29) is 17.4 Å². The molecule has 0 aliphatic rings. The van der Waals surface area contributed by atoms with Crippen molar-refractivity contribution in [1.82, 2.24) is 5.32 Å². The number of amides is 1. The lowest BCUT2D eigenvalue weighted by atomic mass is 10.0. The standard InChI is InChI=1S/C21H21NO3/c1-4-13(2)22-21(24)17-12-8-11-16-18(23)14(3)19(25-20(16)17)15-9-6-5-7-10-15/h5-13H,4H2,1-3H3,(H,22,24)/t13-/m1/s1. The van der Waals surface area contributed by atoms with E-state index < -0.39 is 0 Å². The molecular weight excluding hydrogens is 314 g/mol. The van der Waals surface area contributed by atoms with Crippen molar-refractivity contribution < 1.29 is 9.21 Å². The monoisotopic (exact) mass is 335 g/mol. The molecule has 1 aromatic heterocycles. The molecule has 2 aromatic carbocycles. The zero-order valence-electron chi connectivity index (χ0n) is 14.6. The molecular formula is C21H21NO3. The van der Waals surface area contributed by atoms with E-state index in [2.05, 4.69) is 5.32 Å². The maximum absolute atomic E-state index is 12.8. The van der Waals surface area contributed by atoms with Crippen molar-refractivity contribution >= 4 is 16.9 Å². The van der Waals surface area contributed by atoms with Crippen LogP contribution in [0.4, 0.5) is 0 Å². The number of fused-ring (bicyclic) bond motifs is 1. The Balaban J connectivity index is 2.23. The molecule has 1 N–H and O–H groups in total. The molecule has 0 aliphatic heterocycles. The Hall–Kier alpha value is -2.88. The van der Waals surface area contributed by atoms with Crippen molar-refractivity contribution in [2.45, 2.75) is 33.2 Å². The third kappa shape index (κ3) is 3.20. The van der Waals surface area contributed by atoms with Crippen LogP contribution in [0, 0.1) is 6.92 Å². The topological polar surface area (TPSA) is 59.3 Å². The van der Waals surface area contributed by atoms with Gasteiger partial charge in [0.15, 0.2) is 11.0 Å². The predicted octanol–water partition coefficient (Wildman–Crippen LogP) is 4.30. The van der Waals surface area contributed by atoms with Gasteiger partial charge in [-0.25, -0.2) is 0 Å². The molecule has 0 aliphatic carbocycles. The van der Waals surface area contributed by atoms with Crippen molar-refractivity contribution in [1.29, 1.82) is 0 Å². The first-order valence-corrected chi connectivity index (χ1v) is 8.45. The molecule has 0 bridgehead atoms.